The molecule has 1 saturated carbocycles. The molecule has 1 fully saturated rings. The number of halogens is 2. The minimum atomic E-state index is -0.236. The number of carbonyl (C=O) groups excluding carboxylic acids is 1. The van der Waals surface area contributed by atoms with Gasteiger partial charge in [-0.25, -0.2) is 4.39 Å². The van der Waals surface area contributed by atoms with Gasteiger partial charge in [-0.05, 0) is 54.8 Å². The van der Waals surface area contributed by atoms with E-state index in [1.807, 2.05) is 29.3 Å². The third-order valence-electron chi connectivity index (χ3n) is 5.90. The van der Waals surface area contributed by atoms with Crippen LogP contribution in [0, 0.1) is 5.82 Å². The van der Waals surface area contributed by atoms with Gasteiger partial charge < -0.3 is 9.47 Å². The second kappa shape index (κ2) is 9.48. The van der Waals surface area contributed by atoms with E-state index in [1.165, 1.54) is 18.6 Å². The van der Waals surface area contributed by atoms with Crippen molar-refractivity contribution < 1.29 is 9.18 Å². The van der Waals surface area contributed by atoms with E-state index in [1.54, 1.807) is 24.3 Å². The van der Waals surface area contributed by atoms with Gasteiger partial charge >= 0.3 is 0 Å². The summed E-state index contributed by atoms with van der Waals surface area (Å²) >= 11 is 6.35. The van der Waals surface area contributed by atoms with Crippen LogP contribution < -0.4 is 0 Å². The van der Waals surface area contributed by atoms with Crippen LogP contribution in [-0.4, -0.2) is 21.4 Å². The van der Waals surface area contributed by atoms with Crippen molar-refractivity contribution in [2.45, 2.75) is 51.2 Å². The zero-order chi connectivity index (χ0) is 20.9. The SMILES string of the molecule is O=C(c1ccccc1Cl)N(Cc1cccn1Cc1ccc(F)cc1)C1CCCCC1. The molecule has 0 bridgehead atoms. The summed E-state index contributed by atoms with van der Waals surface area (Å²) in [5.74, 6) is -0.248. The van der Waals surface area contributed by atoms with Gasteiger partial charge in [0, 0.05) is 24.5 Å². The second-order valence-electron chi connectivity index (χ2n) is 7.96. The van der Waals surface area contributed by atoms with Crippen LogP contribution in [0.1, 0.15) is 53.7 Å². The number of rotatable bonds is 6. The predicted octanol–water partition coefficient (Wildman–Crippen LogP) is 6.30. The molecular weight excluding hydrogens is 399 g/mol. The Morgan fingerprint density at radius 3 is 2.47 bits per heavy atom. The normalized spacial score (nSPS) is 14.6. The Hall–Kier alpha value is -2.59. The highest BCUT2D eigenvalue weighted by Crippen LogP contribution is 2.28. The molecule has 0 atom stereocenters. The Balaban J connectivity index is 1.59. The molecule has 0 saturated heterocycles. The van der Waals surface area contributed by atoms with Gasteiger partial charge in [0.2, 0.25) is 0 Å². The van der Waals surface area contributed by atoms with Crippen molar-refractivity contribution >= 4 is 17.5 Å². The molecule has 2 aromatic carbocycles. The van der Waals surface area contributed by atoms with Crippen LogP contribution in [0.2, 0.25) is 5.02 Å². The van der Waals surface area contributed by atoms with Gasteiger partial charge in [0.1, 0.15) is 5.82 Å². The minimum absolute atomic E-state index is 0.0120. The molecule has 0 aliphatic heterocycles. The smallest absolute Gasteiger partial charge is 0.255 e. The van der Waals surface area contributed by atoms with Crippen molar-refractivity contribution in [3.63, 3.8) is 0 Å². The molecule has 1 heterocycles. The van der Waals surface area contributed by atoms with Crippen molar-refractivity contribution in [1.82, 2.24) is 9.47 Å². The standard InChI is InChI=1S/C25H26ClFN2O/c26-24-11-5-4-10-23(24)25(30)29(21-7-2-1-3-8-21)18-22-9-6-16-28(22)17-19-12-14-20(27)15-13-19/h4-6,9-16,21H,1-3,7-8,17-18H2. The van der Waals surface area contributed by atoms with Gasteiger partial charge in [-0.15, -0.1) is 0 Å². The highest BCUT2D eigenvalue weighted by Gasteiger charge is 2.28. The summed E-state index contributed by atoms with van der Waals surface area (Å²) in [7, 11) is 0. The number of carbonyl (C=O) groups is 1. The van der Waals surface area contributed by atoms with Crippen LogP contribution in [0.3, 0.4) is 0 Å². The summed E-state index contributed by atoms with van der Waals surface area (Å²) in [5, 5.41) is 0.491. The van der Waals surface area contributed by atoms with E-state index in [4.69, 9.17) is 11.6 Å². The summed E-state index contributed by atoms with van der Waals surface area (Å²) < 4.78 is 15.4. The highest BCUT2D eigenvalue weighted by molar-refractivity contribution is 6.33. The van der Waals surface area contributed by atoms with E-state index in [0.29, 0.717) is 23.7 Å². The molecule has 30 heavy (non-hydrogen) atoms. The molecule has 4 rings (SSSR count). The van der Waals surface area contributed by atoms with Crippen LogP contribution in [0.25, 0.3) is 0 Å². The largest absolute Gasteiger partial charge is 0.345 e. The van der Waals surface area contributed by atoms with Gasteiger partial charge in [-0.3, -0.25) is 4.79 Å². The molecule has 0 N–H and O–H groups in total. The maximum Gasteiger partial charge on any atom is 0.255 e. The Labute approximate surface area is 182 Å². The number of amides is 1. The van der Waals surface area contributed by atoms with Gasteiger partial charge in [-0.1, -0.05) is 55.1 Å². The fourth-order valence-corrected chi connectivity index (χ4v) is 4.47. The van der Waals surface area contributed by atoms with Crippen LogP contribution in [0.15, 0.2) is 66.9 Å². The maximum absolute atomic E-state index is 13.5. The average molecular weight is 425 g/mol. The third kappa shape index (κ3) is 4.76. The fraction of sp³-hybridized carbons (Fsp3) is 0.320. The molecular formula is C25H26ClFN2O. The van der Waals surface area contributed by atoms with E-state index in [9.17, 15) is 9.18 Å². The Kier molecular flexibility index (Phi) is 6.53. The van der Waals surface area contributed by atoms with Crippen molar-refractivity contribution in [1.29, 1.82) is 0 Å². The summed E-state index contributed by atoms with van der Waals surface area (Å²) in [5.41, 5.74) is 2.64. The monoisotopic (exact) mass is 424 g/mol. The first-order chi connectivity index (χ1) is 14.6. The predicted molar refractivity (Wildman–Crippen MR) is 118 cm³/mol. The van der Waals surface area contributed by atoms with Crippen molar-refractivity contribution in [2.24, 2.45) is 0 Å². The van der Waals surface area contributed by atoms with E-state index in [0.717, 1.165) is 36.9 Å². The Morgan fingerprint density at radius 1 is 1.00 bits per heavy atom. The molecule has 0 spiro atoms. The van der Waals surface area contributed by atoms with Gasteiger partial charge in [-0.2, -0.15) is 0 Å². The Bertz CT molecular complexity index is 992. The molecule has 1 aliphatic carbocycles. The quantitative estimate of drug-likeness (QED) is 0.455. The first kappa shape index (κ1) is 20.7. The number of hydrogen-bond acceptors (Lipinski definition) is 1. The van der Waals surface area contributed by atoms with Crippen molar-refractivity contribution in [3.05, 3.63) is 94.5 Å². The zero-order valence-corrected chi connectivity index (χ0v) is 17.7. The van der Waals surface area contributed by atoms with Gasteiger partial charge in [0.15, 0.2) is 0 Å². The number of nitrogens with zero attached hydrogens (tertiary/aromatic N) is 2. The maximum atomic E-state index is 13.5. The second-order valence-corrected chi connectivity index (χ2v) is 8.37. The highest BCUT2D eigenvalue weighted by atomic mass is 35.5. The van der Waals surface area contributed by atoms with E-state index >= 15 is 0 Å². The number of aromatic nitrogens is 1. The van der Waals surface area contributed by atoms with E-state index < -0.39 is 0 Å². The number of hydrogen-bond donors (Lipinski definition) is 0. The lowest BCUT2D eigenvalue weighted by Gasteiger charge is -2.35. The third-order valence-corrected chi connectivity index (χ3v) is 6.23. The molecule has 0 unspecified atom stereocenters. The minimum Gasteiger partial charge on any atom is -0.345 e. The summed E-state index contributed by atoms with van der Waals surface area (Å²) in [6.07, 6.45) is 7.58. The van der Waals surface area contributed by atoms with Crippen molar-refractivity contribution in [3.8, 4) is 0 Å². The molecule has 0 radical (unpaired) electrons. The molecule has 1 aromatic heterocycles. The lowest BCUT2D eigenvalue weighted by Crippen LogP contribution is -2.41. The molecule has 5 heteroatoms. The van der Waals surface area contributed by atoms with Crippen LogP contribution in [-0.2, 0) is 13.1 Å². The fourth-order valence-electron chi connectivity index (χ4n) is 4.26. The topological polar surface area (TPSA) is 25.2 Å². The Morgan fingerprint density at radius 2 is 1.73 bits per heavy atom. The zero-order valence-electron chi connectivity index (χ0n) is 16.9. The molecule has 156 valence electrons. The lowest BCUT2D eigenvalue weighted by molar-refractivity contribution is 0.0609. The van der Waals surface area contributed by atoms with Crippen LogP contribution >= 0.6 is 11.6 Å². The first-order valence-corrected chi connectivity index (χ1v) is 10.9. The summed E-state index contributed by atoms with van der Waals surface area (Å²) in [6.45, 7) is 1.17. The lowest BCUT2D eigenvalue weighted by atomic mass is 9.93. The van der Waals surface area contributed by atoms with Gasteiger partial charge in [0.05, 0.1) is 17.1 Å². The first-order valence-electron chi connectivity index (χ1n) is 10.6. The van der Waals surface area contributed by atoms with Crippen LogP contribution in [0.4, 0.5) is 4.39 Å². The van der Waals surface area contributed by atoms with Crippen LogP contribution in [0.5, 0.6) is 0 Å². The van der Waals surface area contributed by atoms with E-state index in [-0.39, 0.29) is 17.8 Å². The summed E-state index contributed by atoms with van der Waals surface area (Å²) in [4.78, 5) is 15.5. The molecule has 3 aromatic rings. The summed E-state index contributed by atoms with van der Waals surface area (Å²) in [6, 6.07) is 18.1. The van der Waals surface area contributed by atoms with Gasteiger partial charge in [0.25, 0.3) is 5.91 Å². The average Bonchev–Trinajstić information content (AvgIpc) is 3.21. The number of benzene rings is 2. The molecule has 1 aliphatic rings. The molecule has 3 nitrogen and oxygen atoms in total. The molecule has 1 amide bonds. The van der Waals surface area contributed by atoms with E-state index in [2.05, 4.69) is 10.6 Å². The van der Waals surface area contributed by atoms with Crippen molar-refractivity contribution in [2.75, 3.05) is 0 Å².